The van der Waals surface area contributed by atoms with Crippen molar-refractivity contribution in [3.63, 3.8) is 0 Å². The zero-order valence-corrected chi connectivity index (χ0v) is 12.4. The van der Waals surface area contributed by atoms with Crippen LogP contribution in [0.5, 0.6) is 0 Å². The minimum atomic E-state index is -1.01. The van der Waals surface area contributed by atoms with Gasteiger partial charge in [-0.2, -0.15) is 0 Å². The van der Waals surface area contributed by atoms with E-state index in [9.17, 15) is 9.35 Å². The Balaban J connectivity index is 2.48. The van der Waals surface area contributed by atoms with Gasteiger partial charge in [-0.3, -0.25) is 4.79 Å². The second-order valence-electron chi connectivity index (χ2n) is 4.19. The van der Waals surface area contributed by atoms with Crippen molar-refractivity contribution in [3.8, 4) is 0 Å². The summed E-state index contributed by atoms with van der Waals surface area (Å²) in [6.07, 6.45) is 0.941. The maximum atomic E-state index is 12.0. The molecule has 0 aromatic carbocycles. The van der Waals surface area contributed by atoms with Crippen LogP contribution in [0.3, 0.4) is 0 Å². The van der Waals surface area contributed by atoms with E-state index in [4.69, 9.17) is 5.73 Å². The molecule has 2 rings (SSSR count). The lowest BCUT2D eigenvalue weighted by atomic mass is 10.2. The van der Waals surface area contributed by atoms with Crippen LogP contribution in [0.15, 0.2) is 10.3 Å². The van der Waals surface area contributed by atoms with Crippen molar-refractivity contribution < 1.29 is 9.35 Å². The number of aryl methyl sites for hydroxylation is 1. The Morgan fingerprint density at radius 1 is 1.53 bits per heavy atom. The van der Waals surface area contributed by atoms with Gasteiger partial charge >= 0.3 is 0 Å². The monoisotopic (exact) mass is 297 g/mol. The number of amides is 1. The van der Waals surface area contributed by atoms with Crippen molar-refractivity contribution in [2.45, 2.75) is 30.9 Å². The van der Waals surface area contributed by atoms with Crippen LogP contribution >= 0.6 is 11.3 Å². The Morgan fingerprint density at radius 2 is 2.26 bits per heavy atom. The first kappa shape index (κ1) is 14.2. The molecule has 1 amide bonds. The number of fused-ring (bicyclic) bond motifs is 1. The summed E-state index contributed by atoms with van der Waals surface area (Å²) in [4.78, 5) is 20.4. The molecule has 2 N–H and O–H groups in total. The molecular formula is C12H15N3O2S2. The fourth-order valence-electron chi connectivity index (χ4n) is 1.77. The highest BCUT2D eigenvalue weighted by molar-refractivity contribution is 7.93. The molecule has 2 heterocycles. The van der Waals surface area contributed by atoms with Crippen LogP contribution in [-0.2, 0) is 22.4 Å². The number of hydrogen-bond acceptors (Lipinski definition) is 5. The van der Waals surface area contributed by atoms with Gasteiger partial charge < -0.3 is 10.3 Å². The Labute approximate surface area is 118 Å². The molecule has 1 unspecified atom stereocenters. The minimum absolute atomic E-state index is 0.0798. The van der Waals surface area contributed by atoms with Crippen molar-refractivity contribution in [2.24, 2.45) is 5.73 Å². The fraction of sp³-hybridized carbons (Fsp3) is 0.417. The number of primary amides is 1. The summed E-state index contributed by atoms with van der Waals surface area (Å²) in [5.41, 5.74) is 5.84. The summed E-state index contributed by atoms with van der Waals surface area (Å²) in [5, 5.41) is 0.786. The van der Waals surface area contributed by atoms with Gasteiger partial charge in [0.1, 0.15) is 16.4 Å². The molecule has 0 saturated heterocycles. The second kappa shape index (κ2) is 5.85. The standard InChI is InChI=1S/C12H15N3O2S2/c1-3-4-19(17)11-5-8-9(6-10(13)16)14-7(2)15-12(8)18-11/h5H,3-4,6H2,1-2H3,(H2,13,16). The molecule has 102 valence electrons. The van der Waals surface area contributed by atoms with E-state index < -0.39 is 17.1 Å². The molecule has 0 radical (unpaired) electrons. The van der Waals surface area contributed by atoms with E-state index in [2.05, 4.69) is 9.97 Å². The summed E-state index contributed by atoms with van der Waals surface area (Å²) < 4.78 is 12.8. The quantitative estimate of drug-likeness (QED) is 0.847. The molecule has 2 aromatic heterocycles. The van der Waals surface area contributed by atoms with Gasteiger partial charge in [-0.1, -0.05) is 18.3 Å². The van der Waals surface area contributed by atoms with Gasteiger partial charge in [-0.25, -0.2) is 9.97 Å². The molecule has 0 spiro atoms. The summed E-state index contributed by atoms with van der Waals surface area (Å²) >= 11 is 0.388. The second-order valence-corrected chi connectivity index (χ2v) is 7.02. The van der Waals surface area contributed by atoms with E-state index in [1.807, 2.05) is 13.0 Å². The third-order valence-electron chi connectivity index (χ3n) is 2.52. The minimum Gasteiger partial charge on any atom is -0.611 e. The van der Waals surface area contributed by atoms with Crippen molar-refractivity contribution in [2.75, 3.05) is 5.75 Å². The molecule has 0 aliphatic heterocycles. The predicted molar refractivity (Wildman–Crippen MR) is 76.6 cm³/mol. The summed E-state index contributed by atoms with van der Waals surface area (Å²) in [5.74, 6) is 0.796. The topological polar surface area (TPSA) is 91.9 Å². The zero-order chi connectivity index (χ0) is 14.0. The zero-order valence-electron chi connectivity index (χ0n) is 10.8. The van der Waals surface area contributed by atoms with E-state index in [0.29, 0.717) is 17.3 Å². The average Bonchev–Trinajstić information content (AvgIpc) is 2.72. The number of hydrogen-bond donors (Lipinski definition) is 1. The van der Waals surface area contributed by atoms with Gasteiger partial charge in [0, 0.05) is 11.5 Å². The van der Waals surface area contributed by atoms with Gasteiger partial charge in [0.25, 0.3) is 0 Å². The van der Waals surface area contributed by atoms with E-state index in [1.165, 1.54) is 11.3 Å². The molecule has 0 aliphatic rings. The van der Waals surface area contributed by atoms with Crippen LogP contribution in [0.25, 0.3) is 10.2 Å². The van der Waals surface area contributed by atoms with Gasteiger partial charge in [0.2, 0.25) is 10.1 Å². The molecule has 0 aliphatic carbocycles. The average molecular weight is 297 g/mol. The highest BCUT2D eigenvalue weighted by Gasteiger charge is 2.18. The normalized spacial score (nSPS) is 12.8. The number of thiophene rings is 1. The smallest absolute Gasteiger partial charge is 0.223 e. The van der Waals surface area contributed by atoms with Crippen molar-refractivity contribution in [1.82, 2.24) is 9.97 Å². The maximum absolute atomic E-state index is 12.0. The Morgan fingerprint density at radius 3 is 2.89 bits per heavy atom. The molecule has 1 atom stereocenters. The molecule has 0 saturated carbocycles. The Kier molecular flexibility index (Phi) is 4.38. The molecule has 2 aromatic rings. The highest BCUT2D eigenvalue weighted by atomic mass is 32.2. The largest absolute Gasteiger partial charge is 0.611 e. The third kappa shape index (κ3) is 3.23. The van der Waals surface area contributed by atoms with Gasteiger partial charge in [-0.05, 0) is 24.5 Å². The van der Waals surface area contributed by atoms with E-state index in [1.54, 1.807) is 6.92 Å². The number of carbonyl (C=O) groups excluding carboxylic acids is 1. The molecule has 5 nitrogen and oxygen atoms in total. The van der Waals surface area contributed by atoms with Crippen molar-refractivity contribution in [3.05, 3.63) is 17.6 Å². The van der Waals surface area contributed by atoms with E-state index in [0.717, 1.165) is 20.8 Å². The Bertz CT molecular complexity index is 612. The number of aromatic nitrogens is 2. The number of nitrogens with two attached hydrogens (primary N) is 1. The van der Waals surface area contributed by atoms with Crippen LogP contribution in [-0.4, -0.2) is 26.2 Å². The molecule has 7 heteroatoms. The molecular weight excluding hydrogens is 282 g/mol. The lowest BCUT2D eigenvalue weighted by Crippen LogP contribution is -2.15. The van der Waals surface area contributed by atoms with E-state index >= 15 is 0 Å². The number of carbonyl (C=O) groups is 1. The molecule has 0 fully saturated rings. The van der Waals surface area contributed by atoms with Crippen molar-refractivity contribution >= 4 is 38.6 Å². The molecule has 0 bridgehead atoms. The fourth-order valence-corrected chi connectivity index (χ4v) is 4.29. The van der Waals surface area contributed by atoms with Gasteiger partial charge in [0.15, 0.2) is 0 Å². The Hall–Kier alpha value is -1.18. The SMILES string of the molecule is CCC[S+]([O-])c1cc2c(CC(N)=O)nc(C)nc2s1. The molecule has 19 heavy (non-hydrogen) atoms. The van der Waals surface area contributed by atoms with Crippen molar-refractivity contribution in [1.29, 1.82) is 0 Å². The summed E-state index contributed by atoms with van der Waals surface area (Å²) in [6, 6.07) is 1.82. The van der Waals surface area contributed by atoms with Crippen LogP contribution in [0.2, 0.25) is 0 Å². The summed E-state index contributed by atoms with van der Waals surface area (Å²) in [7, 11) is 0. The third-order valence-corrected chi connectivity index (χ3v) is 5.49. The van der Waals surface area contributed by atoms with E-state index in [-0.39, 0.29) is 6.42 Å². The maximum Gasteiger partial charge on any atom is 0.223 e. The number of rotatable bonds is 5. The van der Waals surface area contributed by atoms with Crippen LogP contribution in [0, 0.1) is 6.92 Å². The van der Waals surface area contributed by atoms with Crippen LogP contribution in [0.4, 0.5) is 0 Å². The lowest BCUT2D eigenvalue weighted by molar-refractivity contribution is -0.117. The van der Waals surface area contributed by atoms with Crippen LogP contribution < -0.4 is 5.73 Å². The van der Waals surface area contributed by atoms with Gasteiger partial charge in [-0.15, -0.1) is 0 Å². The first-order valence-electron chi connectivity index (χ1n) is 5.95. The number of nitrogens with zero attached hydrogens (tertiary/aromatic N) is 2. The summed E-state index contributed by atoms with van der Waals surface area (Å²) in [6.45, 7) is 3.76. The van der Waals surface area contributed by atoms with Gasteiger partial charge in [0.05, 0.1) is 12.1 Å². The first-order valence-corrected chi connectivity index (χ1v) is 8.08. The first-order chi connectivity index (χ1) is 9.01. The van der Waals surface area contributed by atoms with Crippen LogP contribution in [0.1, 0.15) is 24.9 Å². The highest BCUT2D eigenvalue weighted by Crippen LogP contribution is 2.30. The predicted octanol–water partition coefficient (Wildman–Crippen LogP) is 1.55. The lowest BCUT2D eigenvalue weighted by Gasteiger charge is -2.04.